The Kier molecular flexibility index (Phi) is 23.8. The Bertz CT molecular complexity index is 638. The first kappa shape index (κ1) is 35.9. The lowest BCUT2D eigenvalue weighted by Crippen LogP contribution is -2.43. The molecule has 0 aromatic heterocycles. The zero-order valence-corrected chi connectivity index (χ0v) is 24.1. The van der Waals surface area contributed by atoms with Gasteiger partial charge in [0.1, 0.15) is 12.1 Å². The summed E-state index contributed by atoms with van der Waals surface area (Å²) in [5, 5.41) is 20.3. The Morgan fingerprint density at radius 3 is 1.53 bits per heavy atom. The Labute approximate surface area is 230 Å². The van der Waals surface area contributed by atoms with Crippen molar-refractivity contribution >= 4 is 23.8 Å². The normalized spacial score (nSPS) is 12.6. The standard InChI is InChI=1S/C30H55NO7/c1-3-5-7-9-11-13-15-17-19-21-25(23-27(32)31-26(30(36)37)24-28(33)34)38-29(35)22-20-18-16-14-12-10-8-6-4-2/h25-26H,3-24H2,1-2H3,(H,31,32)(H,33,34)(H,36,37)/t25?,26-/m0/s1. The zero-order valence-electron chi connectivity index (χ0n) is 24.1. The maximum absolute atomic E-state index is 12.5. The molecule has 0 heterocycles. The van der Waals surface area contributed by atoms with Crippen molar-refractivity contribution in [2.45, 2.75) is 167 Å². The highest BCUT2D eigenvalue weighted by Gasteiger charge is 2.25. The van der Waals surface area contributed by atoms with E-state index >= 15 is 0 Å². The van der Waals surface area contributed by atoms with Crippen LogP contribution >= 0.6 is 0 Å². The molecule has 0 radical (unpaired) electrons. The highest BCUT2D eigenvalue weighted by atomic mass is 16.5. The summed E-state index contributed by atoms with van der Waals surface area (Å²) in [7, 11) is 0. The van der Waals surface area contributed by atoms with E-state index in [9.17, 15) is 24.3 Å². The second-order valence-corrected chi connectivity index (χ2v) is 10.6. The molecule has 8 heteroatoms. The van der Waals surface area contributed by atoms with Gasteiger partial charge in [0.15, 0.2) is 0 Å². The molecule has 0 rings (SSSR count). The molecule has 0 fully saturated rings. The number of amides is 1. The van der Waals surface area contributed by atoms with Gasteiger partial charge < -0.3 is 20.3 Å². The van der Waals surface area contributed by atoms with Crippen LogP contribution in [0.25, 0.3) is 0 Å². The number of hydrogen-bond acceptors (Lipinski definition) is 5. The van der Waals surface area contributed by atoms with E-state index in [1.165, 1.54) is 77.0 Å². The Morgan fingerprint density at radius 2 is 1.08 bits per heavy atom. The number of carbonyl (C=O) groups is 4. The smallest absolute Gasteiger partial charge is 0.326 e. The Balaban J connectivity index is 4.51. The van der Waals surface area contributed by atoms with Gasteiger partial charge >= 0.3 is 17.9 Å². The van der Waals surface area contributed by atoms with Gasteiger partial charge in [-0.25, -0.2) is 4.79 Å². The van der Waals surface area contributed by atoms with Gasteiger partial charge in [-0.3, -0.25) is 14.4 Å². The van der Waals surface area contributed by atoms with Gasteiger partial charge in [0.2, 0.25) is 5.91 Å². The second-order valence-electron chi connectivity index (χ2n) is 10.6. The third-order valence-corrected chi connectivity index (χ3v) is 6.84. The summed E-state index contributed by atoms with van der Waals surface area (Å²) in [5.41, 5.74) is 0. The maximum Gasteiger partial charge on any atom is 0.326 e. The summed E-state index contributed by atoms with van der Waals surface area (Å²) in [4.78, 5) is 47.1. The van der Waals surface area contributed by atoms with Crippen molar-refractivity contribution in [2.75, 3.05) is 0 Å². The quantitative estimate of drug-likeness (QED) is 0.0742. The van der Waals surface area contributed by atoms with Gasteiger partial charge in [-0.2, -0.15) is 0 Å². The number of rotatable bonds is 27. The molecule has 0 spiro atoms. The Hall–Kier alpha value is -2.12. The van der Waals surface area contributed by atoms with E-state index in [1.807, 2.05) is 0 Å². The van der Waals surface area contributed by atoms with E-state index in [-0.39, 0.29) is 12.4 Å². The third kappa shape index (κ3) is 23.0. The fourth-order valence-electron chi connectivity index (χ4n) is 4.54. The van der Waals surface area contributed by atoms with Gasteiger partial charge in [-0.1, -0.05) is 117 Å². The topological polar surface area (TPSA) is 130 Å². The molecular weight excluding hydrogens is 486 g/mol. The van der Waals surface area contributed by atoms with Crippen LogP contribution < -0.4 is 5.32 Å². The summed E-state index contributed by atoms with van der Waals surface area (Å²) < 4.78 is 5.62. The summed E-state index contributed by atoms with van der Waals surface area (Å²) in [6.07, 6.45) is 20.0. The van der Waals surface area contributed by atoms with Crippen LogP contribution in [0.1, 0.15) is 155 Å². The highest BCUT2D eigenvalue weighted by Crippen LogP contribution is 2.16. The number of unbranched alkanes of at least 4 members (excludes halogenated alkanes) is 16. The molecule has 8 nitrogen and oxygen atoms in total. The molecule has 1 amide bonds. The fraction of sp³-hybridized carbons (Fsp3) is 0.867. The van der Waals surface area contributed by atoms with Crippen molar-refractivity contribution in [1.82, 2.24) is 5.32 Å². The van der Waals surface area contributed by atoms with Gasteiger partial charge in [0, 0.05) is 6.42 Å². The summed E-state index contributed by atoms with van der Waals surface area (Å²) in [5.74, 6) is -3.66. The molecule has 0 bridgehead atoms. The van der Waals surface area contributed by atoms with Crippen molar-refractivity contribution in [1.29, 1.82) is 0 Å². The summed E-state index contributed by atoms with van der Waals surface area (Å²) >= 11 is 0. The Morgan fingerprint density at radius 1 is 0.632 bits per heavy atom. The monoisotopic (exact) mass is 541 g/mol. The van der Waals surface area contributed by atoms with Crippen LogP contribution in [0.4, 0.5) is 0 Å². The number of carboxylic acids is 2. The lowest BCUT2D eigenvalue weighted by molar-refractivity contribution is -0.152. The molecule has 38 heavy (non-hydrogen) atoms. The van der Waals surface area contributed by atoms with E-state index < -0.39 is 36.4 Å². The predicted molar refractivity (Wildman–Crippen MR) is 150 cm³/mol. The number of ether oxygens (including phenoxy) is 1. The van der Waals surface area contributed by atoms with Gasteiger partial charge in [0.05, 0.1) is 12.8 Å². The molecule has 2 atom stereocenters. The van der Waals surface area contributed by atoms with Crippen LogP contribution in [0, 0.1) is 0 Å². The first-order valence-corrected chi connectivity index (χ1v) is 15.2. The third-order valence-electron chi connectivity index (χ3n) is 6.84. The van der Waals surface area contributed by atoms with Crippen molar-refractivity contribution in [3.8, 4) is 0 Å². The molecular formula is C30H55NO7. The first-order chi connectivity index (χ1) is 18.3. The maximum atomic E-state index is 12.5. The summed E-state index contributed by atoms with van der Waals surface area (Å²) in [6, 6.07) is -1.51. The molecule has 1 unspecified atom stereocenters. The molecule has 0 aliphatic heterocycles. The molecule has 0 saturated carbocycles. The van der Waals surface area contributed by atoms with Crippen LogP contribution in [0.3, 0.4) is 0 Å². The highest BCUT2D eigenvalue weighted by molar-refractivity contribution is 5.87. The van der Waals surface area contributed by atoms with Gasteiger partial charge in [-0.15, -0.1) is 0 Å². The number of nitrogens with one attached hydrogen (secondary N) is 1. The zero-order chi connectivity index (χ0) is 28.4. The minimum Gasteiger partial charge on any atom is -0.481 e. The minimum atomic E-state index is -1.51. The largest absolute Gasteiger partial charge is 0.481 e. The number of aliphatic carboxylic acids is 2. The number of carbonyl (C=O) groups excluding carboxylic acids is 2. The SMILES string of the molecule is CCCCCCCCCCCC(=O)OC(CCCCCCCCCCC)CC(=O)N[C@@H](CC(=O)O)C(=O)O. The number of esters is 1. The van der Waals surface area contributed by atoms with E-state index in [0.29, 0.717) is 12.8 Å². The van der Waals surface area contributed by atoms with Gasteiger partial charge in [0.25, 0.3) is 0 Å². The average Bonchev–Trinajstić information content (AvgIpc) is 2.85. The van der Waals surface area contributed by atoms with E-state index in [0.717, 1.165) is 38.5 Å². The molecule has 0 aromatic carbocycles. The minimum absolute atomic E-state index is 0.163. The lowest BCUT2D eigenvalue weighted by Gasteiger charge is -2.19. The van der Waals surface area contributed by atoms with Crippen LogP contribution in [0.2, 0.25) is 0 Å². The van der Waals surface area contributed by atoms with Crippen LogP contribution in [-0.2, 0) is 23.9 Å². The van der Waals surface area contributed by atoms with Crippen molar-refractivity contribution in [3.05, 3.63) is 0 Å². The van der Waals surface area contributed by atoms with Crippen molar-refractivity contribution in [3.63, 3.8) is 0 Å². The summed E-state index contributed by atoms with van der Waals surface area (Å²) in [6.45, 7) is 4.41. The van der Waals surface area contributed by atoms with Crippen LogP contribution in [-0.4, -0.2) is 46.2 Å². The fourth-order valence-corrected chi connectivity index (χ4v) is 4.54. The second kappa shape index (κ2) is 25.2. The van der Waals surface area contributed by atoms with E-state index in [1.54, 1.807) is 0 Å². The molecule has 222 valence electrons. The molecule has 0 saturated heterocycles. The first-order valence-electron chi connectivity index (χ1n) is 15.2. The molecule has 3 N–H and O–H groups in total. The number of carboxylic acid groups (broad SMARTS) is 2. The van der Waals surface area contributed by atoms with Crippen molar-refractivity contribution < 1.29 is 34.1 Å². The van der Waals surface area contributed by atoms with Gasteiger partial charge in [-0.05, 0) is 19.3 Å². The molecule has 0 aliphatic rings. The van der Waals surface area contributed by atoms with E-state index in [4.69, 9.17) is 9.84 Å². The van der Waals surface area contributed by atoms with E-state index in [2.05, 4.69) is 19.2 Å². The lowest BCUT2D eigenvalue weighted by atomic mass is 10.0. The molecule has 0 aromatic rings. The van der Waals surface area contributed by atoms with Crippen LogP contribution in [0.5, 0.6) is 0 Å². The average molecular weight is 542 g/mol. The van der Waals surface area contributed by atoms with Crippen LogP contribution in [0.15, 0.2) is 0 Å². The number of hydrogen-bond donors (Lipinski definition) is 3. The molecule has 0 aliphatic carbocycles. The predicted octanol–water partition coefficient (Wildman–Crippen LogP) is 7.17. The van der Waals surface area contributed by atoms with Crippen molar-refractivity contribution in [2.24, 2.45) is 0 Å².